The summed E-state index contributed by atoms with van der Waals surface area (Å²) in [5.41, 5.74) is 1.64. The fraction of sp³-hybridized carbons (Fsp3) is 0.208. The summed E-state index contributed by atoms with van der Waals surface area (Å²) in [6, 6.07) is 22.2. The molecule has 1 N–H and O–H groups in total. The molecule has 0 aliphatic rings. The van der Waals surface area contributed by atoms with Gasteiger partial charge in [-0.2, -0.15) is 8.42 Å². The number of methoxy groups -OCH3 is 1. The van der Waals surface area contributed by atoms with Crippen molar-refractivity contribution in [2.24, 2.45) is 0 Å². The van der Waals surface area contributed by atoms with Gasteiger partial charge < -0.3 is 8.92 Å². The third-order valence-electron chi connectivity index (χ3n) is 4.81. The molecule has 0 heterocycles. The van der Waals surface area contributed by atoms with Crippen molar-refractivity contribution in [3.05, 3.63) is 102 Å². The molecule has 1 atom stereocenters. The maximum absolute atomic E-state index is 12.7. The van der Waals surface area contributed by atoms with Crippen molar-refractivity contribution in [1.29, 1.82) is 0 Å². The fourth-order valence-corrected chi connectivity index (χ4v) is 5.67. The molecule has 180 valence electrons. The Morgan fingerprint density at radius 1 is 0.794 bits per heavy atom. The lowest BCUT2D eigenvalue weighted by Gasteiger charge is -2.19. The van der Waals surface area contributed by atoms with E-state index in [1.165, 1.54) is 31.4 Å². The Bertz CT molecular complexity index is 1290. The van der Waals surface area contributed by atoms with Gasteiger partial charge in [-0.25, -0.2) is 13.1 Å². The lowest BCUT2D eigenvalue weighted by molar-refractivity contribution is -0.141. The average molecular weight is 504 g/mol. The third kappa shape index (κ3) is 7.98. The van der Waals surface area contributed by atoms with Gasteiger partial charge in [-0.1, -0.05) is 72.8 Å². The first-order valence-corrected chi connectivity index (χ1v) is 13.6. The van der Waals surface area contributed by atoms with Gasteiger partial charge in [0.25, 0.3) is 0 Å². The molecule has 0 bridgehead atoms. The summed E-state index contributed by atoms with van der Waals surface area (Å²) in [6.07, 6.45) is -0.239. The molecule has 8 nitrogen and oxygen atoms in total. The summed E-state index contributed by atoms with van der Waals surface area (Å²) in [7, 11) is -6.47. The number of esters is 1. The number of carbonyl (C=O) groups excluding carboxylic acids is 1. The largest absolute Gasteiger partial charge is 0.469 e. The summed E-state index contributed by atoms with van der Waals surface area (Å²) in [5, 5.41) is 0. The summed E-state index contributed by atoms with van der Waals surface area (Å²) in [5.74, 6) is -1.08. The normalized spacial score (nSPS) is 12.6. The number of benzene rings is 3. The van der Waals surface area contributed by atoms with Crippen molar-refractivity contribution < 1.29 is 30.6 Å². The Morgan fingerprint density at radius 3 is 1.85 bits per heavy atom. The van der Waals surface area contributed by atoms with E-state index in [4.69, 9.17) is 8.92 Å². The van der Waals surface area contributed by atoms with E-state index in [1.807, 2.05) is 0 Å². The van der Waals surface area contributed by atoms with Crippen molar-refractivity contribution in [2.45, 2.75) is 24.0 Å². The molecule has 0 spiro atoms. The van der Waals surface area contributed by atoms with Crippen LogP contribution in [0, 0.1) is 0 Å². The molecule has 0 saturated carbocycles. The first-order chi connectivity index (χ1) is 16.2. The van der Waals surface area contributed by atoms with Gasteiger partial charge in [0.2, 0.25) is 10.0 Å². The van der Waals surface area contributed by atoms with Crippen LogP contribution in [0.4, 0.5) is 0 Å². The molecule has 0 fully saturated rings. The Hall–Kier alpha value is -3.21. The van der Waals surface area contributed by atoms with E-state index in [-0.39, 0.29) is 23.7 Å². The summed E-state index contributed by atoms with van der Waals surface area (Å²) in [6.45, 7) is 0. The van der Waals surface area contributed by atoms with Gasteiger partial charge in [-0.3, -0.25) is 4.79 Å². The zero-order valence-electron chi connectivity index (χ0n) is 18.5. The molecule has 0 aromatic heterocycles. The predicted molar refractivity (Wildman–Crippen MR) is 128 cm³/mol. The highest BCUT2D eigenvalue weighted by Gasteiger charge is 2.23. The molecule has 0 aliphatic heterocycles. The van der Waals surface area contributed by atoms with Gasteiger partial charge in [-0.05, 0) is 28.8 Å². The molecule has 0 amide bonds. The number of hydrogen-bond acceptors (Lipinski definition) is 7. The van der Waals surface area contributed by atoms with Crippen LogP contribution in [0.25, 0.3) is 0 Å². The molecule has 1 unspecified atom stereocenters. The number of nitrogens with one attached hydrogen (secondary N) is 1. The second-order valence-corrected chi connectivity index (χ2v) is 10.9. The van der Waals surface area contributed by atoms with Crippen molar-refractivity contribution in [3.63, 3.8) is 0 Å². The lowest BCUT2D eigenvalue weighted by Crippen LogP contribution is -2.31. The van der Waals surface area contributed by atoms with Crippen molar-refractivity contribution >= 4 is 26.1 Å². The maximum atomic E-state index is 12.7. The summed E-state index contributed by atoms with van der Waals surface area (Å²) >= 11 is 0. The van der Waals surface area contributed by atoms with Crippen molar-refractivity contribution in [1.82, 2.24) is 4.72 Å². The van der Waals surface area contributed by atoms with Gasteiger partial charge in [0.05, 0.1) is 25.3 Å². The smallest absolute Gasteiger partial charge is 0.313 e. The molecule has 0 aliphatic carbocycles. The van der Waals surface area contributed by atoms with Gasteiger partial charge in [-0.15, -0.1) is 0 Å². The zero-order chi connectivity index (χ0) is 24.6. The minimum absolute atomic E-state index is 0.0728. The number of carbonyl (C=O) groups is 1. The van der Waals surface area contributed by atoms with E-state index >= 15 is 0 Å². The van der Waals surface area contributed by atoms with Crippen LogP contribution in [0.2, 0.25) is 0 Å². The second-order valence-electron chi connectivity index (χ2n) is 7.54. The number of ether oxygens (including phenoxy) is 1. The quantitative estimate of drug-likeness (QED) is 0.315. The maximum Gasteiger partial charge on any atom is 0.313 e. The standard InChI is InChI=1S/C24H25NO7S2/c1-31-24(26)16-23(25-33(27,28)17-19-8-4-2-5-9-19)21-12-14-22(15-13-21)32-34(29,30)18-20-10-6-3-7-11-20/h2-15,23,25H,16-18H2,1H3. The van der Waals surface area contributed by atoms with E-state index in [0.717, 1.165) is 0 Å². The topological polar surface area (TPSA) is 116 Å². The van der Waals surface area contributed by atoms with Crippen LogP contribution in [0.1, 0.15) is 29.2 Å². The first-order valence-electron chi connectivity index (χ1n) is 10.3. The Labute approximate surface area is 199 Å². The SMILES string of the molecule is COC(=O)CC(NS(=O)(=O)Cc1ccccc1)c1ccc(OS(=O)(=O)Cc2ccccc2)cc1. The number of sulfonamides is 1. The summed E-state index contributed by atoms with van der Waals surface area (Å²) < 4.78 is 62.6. The molecule has 34 heavy (non-hydrogen) atoms. The zero-order valence-corrected chi connectivity index (χ0v) is 20.1. The van der Waals surface area contributed by atoms with Crippen LogP contribution >= 0.6 is 0 Å². The minimum Gasteiger partial charge on any atom is -0.469 e. The molecule has 3 aromatic rings. The first kappa shape index (κ1) is 25.4. The number of rotatable bonds is 11. The Balaban J connectivity index is 1.74. The Kier molecular flexibility index (Phi) is 8.43. The van der Waals surface area contributed by atoms with E-state index in [0.29, 0.717) is 16.7 Å². The molecule has 0 radical (unpaired) electrons. The molecular weight excluding hydrogens is 478 g/mol. The highest BCUT2D eigenvalue weighted by molar-refractivity contribution is 7.88. The lowest BCUT2D eigenvalue weighted by atomic mass is 10.0. The van der Waals surface area contributed by atoms with E-state index in [2.05, 4.69) is 4.72 Å². The minimum atomic E-state index is -3.89. The van der Waals surface area contributed by atoms with Crippen LogP contribution in [0.15, 0.2) is 84.9 Å². The fourth-order valence-electron chi connectivity index (χ4n) is 3.24. The molecule has 10 heteroatoms. The predicted octanol–water partition coefficient (Wildman–Crippen LogP) is 3.32. The van der Waals surface area contributed by atoms with Gasteiger partial charge >= 0.3 is 16.1 Å². The molecule has 3 aromatic carbocycles. The van der Waals surface area contributed by atoms with Crippen LogP contribution in [-0.4, -0.2) is 29.9 Å². The van der Waals surface area contributed by atoms with Crippen LogP contribution in [-0.2, 0) is 41.2 Å². The van der Waals surface area contributed by atoms with Crippen LogP contribution in [0.3, 0.4) is 0 Å². The van der Waals surface area contributed by atoms with E-state index < -0.39 is 32.2 Å². The highest BCUT2D eigenvalue weighted by Crippen LogP contribution is 2.24. The second kappa shape index (κ2) is 11.3. The molecule has 0 saturated heterocycles. The number of hydrogen-bond donors (Lipinski definition) is 1. The molecule has 3 rings (SSSR count). The van der Waals surface area contributed by atoms with Gasteiger partial charge in [0, 0.05) is 0 Å². The van der Waals surface area contributed by atoms with Gasteiger partial charge in [0.15, 0.2) is 0 Å². The Morgan fingerprint density at radius 2 is 1.32 bits per heavy atom. The highest BCUT2D eigenvalue weighted by atomic mass is 32.2. The van der Waals surface area contributed by atoms with Crippen molar-refractivity contribution in [3.8, 4) is 5.75 Å². The monoisotopic (exact) mass is 503 g/mol. The average Bonchev–Trinajstić information content (AvgIpc) is 2.79. The van der Waals surface area contributed by atoms with Crippen molar-refractivity contribution in [2.75, 3.05) is 7.11 Å². The van der Waals surface area contributed by atoms with Gasteiger partial charge in [0.1, 0.15) is 11.5 Å². The third-order valence-corrected chi connectivity index (χ3v) is 7.30. The summed E-state index contributed by atoms with van der Waals surface area (Å²) in [4.78, 5) is 11.9. The van der Waals surface area contributed by atoms with Crippen LogP contribution < -0.4 is 8.91 Å². The van der Waals surface area contributed by atoms with Crippen LogP contribution in [0.5, 0.6) is 5.75 Å². The van der Waals surface area contributed by atoms with E-state index in [1.54, 1.807) is 60.7 Å². The molecular formula is C24H25NO7S2. The van der Waals surface area contributed by atoms with E-state index in [9.17, 15) is 21.6 Å².